The van der Waals surface area contributed by atoms with Gasteiger partial charge in [0.15, 0.2) is 5.78 Å². The van der Waals surface area contributed by atoms with Crippen molar-refractivity contribution in [2.24, 2.45) is 5.92 Å². The SMILES string of the molecule is COc1ccc2c(c1)C(=O)C(CO)C2. The summed E-state index contributed by atoms with van der Waals surface area (Å²) in [6.07, 6.45) is 0.647. The van der Waals surface area contributed by atoms with Gasteiger partial charge < -0.3 is 9.84 Å². The molecule has 0 bridgehead atoms. The van der Waals surface area contributed by atoms with Crippen molar-refractivity contribution < 1.29 is 14.6 Å². The van der Waals surface area contributed by atoms with Crippen LogP contribution in [0, 0.1) is 5.92 Å². The van der Waals surface area contributed by atoms with Gasteiger partial charge in [-0.25, -0.2) is 0 Å². The van der Waals surface area contributed by atoms with E-state index < -0.39 is 0 Å². The summed E-state index contributed by atoms with van der Waals surface area (Å²) in [7, 11) is 1.57. The van der Waals surface area contributed by atoms with E-state index in [0.29, 0.717) is 17.7 Å². The zero-order chi connectivity index (χ0) is 10.1. The molecule has 74 valence electrons. The van der Waals surface area contributed by atoms with Crippen LogP contribution in [-0.2, 0) is 6.42 Å². The summed E-state index contributed by atoms with van der Waals surface area (Å²) >= 11 is 0. The zero-order valence-electron chi connectivity index (χ0n) is 7.99. The number of aliphatic hydroxyl groups excluding tert-OH is 1. The van der Waals surface area contributed by atoms with E-state index in [1.165, 1.54) is 0 Å². The fraction of sp³-hybridized carbons (Fsp3) is 0.364. The second-order valence-corrected chi connectivity index (χ2v) is 3.47. The number of ether oxygens (including phenoxy) is 1. The molecule has 0 aromatic heterocycles. The molecule has 1 unspecified atom stereocenters. The molecule has 0 fully saturated rings. The number of hydrogen-bond donors (Lipinski definition) is 1. The van der Waals surface area contributed by atoms with Gasteiger partial charge >= 0.3 is 0 Å². The Kier molecular flexibility index (Phi) is 2.25. The van der Waals surface area contributed by atoms with Gasteiger partial charge in [-0.1, -0.05) is 6.07 Å². The number of carbonyl (C=O) groups excluding carboxylic acids is 1. The van der Waals surface area contributed by atoms with Crippen LogP contribution in [0.5, 0.6) is 5.75 Å². The topological polar surface area (TPSA) is 46.5 Å². The molecule has 1 aromatic carbocycles. The highest BCUT2D eigenvalue weighted by atomic mass is 16.5. The standard InChI is InChI=1S/C11H12O3/c1-14-9-3-2-7-4-8(6-12)11(13)10(7)5-9/h2-3,5,8,12H,4,6H2,1H3. The van der Waals surface area contributed by atoms with Gasteiger partial charge in [-0.05, 0) is 24.1 Å². The van der Waals surface area contributed by atoms with E-state index in [0.717, 1.165) is 5.56 Å². The van der Waals surface area contributed by atoms with Crippen molar-refractivity contribution in [2.45, 2.75) is 6.42 Å². The highest BCUT2D eigenvalue weighted by molar-refractivity contribution is 6.02. The predicted octanol–water partition coefficient (Wildman–Crippen LogP) is 1.04. The normalized spacial score (nSPS) is 19.6. The monoisotopic (exact) mass is 192 g/mol. The number of fused-ring (bicyclic) bond motifs is 1. The summed E-state index contributed by atoms with van der Waals surface area (Å²) < 4.78 is 5.04. The fourth-order valence-electron chi connectivity index (χ4n) is 1.82. The molecule has 14 heavy (non-hydrogen) atoms. The molecule has 0 saturated carbocycles. The lowest BCUT2D eigenvalue weighted by molar-refractivity contribution is 0.0883. The number of carbonyl (C=O) groups is 1. The first-order valence-corrected chi connectivity index (χ1v) is 4.58. The Bertz CT molecular complexity index is 371. The van der Waals surface area contributed by atoms with Crippen LogP contribution in [0.4, 0.5) is 0 Å². The molecule has 3 nitrogen and oxygen atoms in total. The zero-order valence-corrected chi connectivity index (χ0v) is 7.99. The molecule has 0 heterocycles. The molecule has 1 aromatic rings. The summed E-state index contributed by atoms with van der Waals surface area (Å²) in [5.74, 6) is 0.467. The maximum atomic E-state index is 11.7. The number of ketones is 1. The van der Waals surface area contributed by atoms with Crippen molar-refractivity contribution in [1.29, 1.82) is 0 Å². The summed E-state index contributed by atoms with van der Waals surface area (Å²) in [5.41, 5.74) is 1.71. The lowest BCUT2D eigenvalue weighted by Crippen LogP contribution is -2.12. The third-order valence-corrected chi connectivity index (χ3v) is 2.64. The van der Waals surface area contributed by atoms with Crippen LogP contribution in [0.1, 0.15) is 15.9 Å². The van der Waals surface area contributed by atoms with Gasteiger partial charge in [0.1, 0.15) is 5.75 Å². The van der Waals surface area contributed by atoms with E-state index in [-0.39, 0.29) is 18.3 Å². The number of methoxy groups -OCH3 is 1. The molecule has 1 atom stereocenters. The largest absolute Gasteiger partial charge is 0.497 e. The van der Waals surface area contributed by atoms with Crippen LogP contribution in [0.2, 0.25) is 0 Å². The van der Waals surface area contributed by atoms with Gasteiger partial charge in [0.05, 0.1) is 13.7 Å². The molecule has 1 aliphatic rings. The first-order chi connectivity index (χ1) is 6.76. The molecule has 0 amide bonds. The Morgan fingerprint density at radius 2 is 2.36 bits per heavy atom. The van der Waals surface area contributed by atoms with Crippen molar-refractivity contribution >= 4 is 5.78 Å². The van der Waals surface area contributed by atoms with Crippen molar-refractivity contribution in [3.63, 3.8) is 0 Å². The number of rotatable bonds is 2. The van der Waals surface area contributed by atoms with Crippen LogP contribution in [-0.4, -0.2) is 24.6 Å². The Hall–Kier alpha value is -1.35. The highest BCUT2D eigenvalue weighted by Crippen LogP contribution is 2.29. The van der Waals surface area contributed by atoms with Crippen LogP contribution in [0.15, 0.2) is 18.2 Å². The molecule has 0 aliphatic heterocycles. The van der Waals surface area contributed by atoms with Crippen molar-refractivity contribution in [3.05, 3.63) is 29.3 Å². The van der Waals surface area contributed by atoms with Gasteiger partial charge in [0, 0.05) is 11.5 Å². The van der Waals surface area contributed by atoms with E-state index in [9.17, 15) is 4.79 Å². The summed E-state index contributed by atoms with van der Waals surface area (Å²) in [4.78, 5) is 11.7. The average molecular weight is 192 g/mol. The Morgan fingerprint density at radius 1 is 1.57 bits per heavy atom. The Balaban J connectivity index is 2.40. The number of aliphatic hydroxyl groups is 1. The maximum Gasteiger partial charge on any atom is 0.168 e. The second kappa shape index (κ2) is 3.42. The van der Waals surface area contributed by atoms with Crippen molar-refractivity contribution in [3.8, 4) is 5.75 Å². The molecule has 0 saturated heterocycles. The molecule has 0 radical (unpaired) electrons. The number of hydrogen-bond acceptors (Lipinski definition) is 3. The first-order valence-electron chi connectivity index (χ1n) is 4.58. The van der Waals surface area contributed by atoms with Crippen molar-refractivity contribution in [1.82, 2.24) is 0 Å². The maximum absolute atomic E-state index is 11.7. The average Bonchev–Trinajstić information content (AvgIpc) is 2.55. The molecule has 1 N–H and O–H groups in total. The van der Waals surface area contributed by atoms with Gasteiger partial charge in [-0.3, -0.25) is 4.79 Å². The van der Waals surface area contributed by atoms with Crippen LogP contribution >= 0.6 is 0 Å². The van der Waals surface area contributed by atoms with Crippen LogP contribution in [0.25, 0.3) is 0 Å². The second-order valence-electron chi connectivity index (χ2n) is 3.47. The smallest absolute Gasteiger partial charge is 0.168 e. The first kappa shape index (κ1) is 9.21. The van der Waals surface area contributed by atoms with E-state index >= 15 is 0 Å². The minimum Gasteiger partial charge on any atom is -0.497 e. The summed E-state index contributed by atoms with van der Waals surface area (Å²) in [5, 5.41) is 8.98. The third-order valence-electron chi connectivity index (χ3n) is 2.64. The molecule has 1 aliphatic carbocycles. The van der Waals surface area contributed by atoms with E-state index in [4.69, 9.17) is 9.84 Å². The van der Waals surface area contributed by atoms with Crippen LogP contribution in [0.3, 0.4) is 0 Å². The van der Waals surface area contributed by atoms with E-state index in [1.807, 2.05) is 12.1 Å². The van der Waals surface area contributed by atoms with Crippen molar-refractivity contribution in [2.75, 3.05) is 13.7 Å². The van der Waals surface area contributed by atoms with Crippen LogP contribution < -0.4 is 4.74 Å². The highest BCUT2D eigenvalue weighted by Gasteiger charge is 2.29. The molecule has 3 heteroatoms. The molecular weight excluding hydrogens is 180 g/mol. The number of Topliss-reactive ketones (excluding diaryl/α,β-unsaturated/α-hetero) is 1. The molecular formula is C11H12O3. The van der Waals surface area contributed by atoms with E-state index in [1.54, 1.807) is 13.2 Å². The van der Waals surface area contributed by atoms with Gasteiger partial charge in [-0.15, -0.1) is 0 Å². The predicted molar refractivity (Wildman–Crippen MR) is 51.6 cm³/mol. The van der Waals surface area contributed by atoms with Gasteiger partial charge in [0.25, 0.3) is 0 Å². The Labute approximate surface area is 82.3 Å². The number of benzene rings is 1. The van der Waals surface area contributed by atoms with Gasteiger partial charge in [0.2, 0.25) is 0 Å². The Morgan fingerprint density at radius 3 is 3.00 bits per heavy atom. The lowest BCUT2D eigenvalue weighted by atomic mass is 10.1. The minimum atomic E-state index is -0.253. The van der Waals surface area contributed by atoms with E-state index in [2.05, 4.69) is 0 Å². The summed E-state index contributed by atoms with van der Waals surface area (Å²) in [6, 6.07) is 5.47. The quantitative estimate of drug-likeness (QED) is 0.761. The third kappa shape index (κ3) is 1.30. The lowest BCUT2D eigenvalue weighted by Gasteiger charge is -2.01. The molecule has 2 rings (SSSR count). The molecule has 0 spiro atoms. The summed E-state index contributed by atoms with van der Waals surface area (Å²) in [6.45, 7) is -0.0736. The minimum absolute atomic E-state index is 0.0291. The van der Waals surface area contributed by atoms with Gasteiger partial charge in [-0.2, -0.15) is 0 Å². The fourth-order valence-corrected chi connectivity index (χ4v) is 1.82.